The second kappa shape index (κ2) is 2.26. The van der Waals surface area contributed by atoms with E-state index in [1.807, 2.05) is 0 Å². The van der Waals surface area contributed by atoms with Crippen LogP contribution in [0, 0.1) is 4.91 Å². The number of hydrogen-bond acceptors (Lipinski definition) is 5. The molecule has 1 aromatic rings. The minimum Gasteiger partial charge on any atom is -0.335 e. The van der Waals surface area contributed by atoms with Gasteiger partial charge in [-0.25, -0.2) is 9.47 Å². The Morgan fingerprint density at radius 3 is 2.90 bits per heavy atom. The molecule has 1 heterocycles. The van der Waals surface area contributed by atoms with Crippen LogP contribution in [0.5, 0.6) is 0 Å². The van der Waals surface area contributed by atoms with Crippen molar-refractivity contribution in [2.45, 2.75) is 0 Å². The van der Waals surface area contributed by atoms with Gasteiger partial charge in [0.1, 0.15) is 0 Å². The van der Waals surface area contributed by atoms with E-state index in [1.165, 1.54) is 12.3 Å². The number of nitrogens with two attached hydrogens (primary N) is 1. The van der Waals surface area contributed by atoms with E-state index in [1.54, 1.807) is 0 Å². The molecule has 0 atom stereocenters. The minimum absolute atomic E-state index is 0.160. The molecule has 0 spiro atoms. The van der Waals surface area contributed by atoms with Crippen LogP contribution >= 0.6 is 0 Å². The molecule has 0 unspecified atom stereocenters. The molecule has 0 aromatic carbocycles. The molecule has 0 aliphatic rings. The summed E-state index contributed by atoms with van der Waals surface area (Å²) in [6, 6.07) is 1.24. The van der Waals surface area contributed by atoms with E-state index in [9.17, 15) is 9.70 Å². The SMILES string of the molecule is Nn1ccc(N=O)nc1=O. The highest BCUT2D eigenvalue weighted by Crippen LogP contribution is 1.98. The van der Waals surface area contributed by atoms with Gasteiger partial charge in [0, 0.05) is 12.3 Å². The third kappa shape index (κ3) is 0.993. The number of aromatic nitrogens is 2. The zero-order chi connectivity index (χ0) is 7.56. The lowest BCUT2D eigenvalue weighted by Gasteiger charge is -1.91. The summed E-state index contributed by atoms with van der Waals surface area (Å²) in [5.41, 5.74) is -0.697. The third-order valence-electron chi connectivity index (χ3n) is 0.909. The Labute approximate surface area is 55.2 Å². The van der Waals surface area contributed by atoms with E-state index in [0.717, 1.165) is 4.68 Å². The van der Waals surface area contributed by atoms with Crippen LogP contribution in [-0.4, -0.2) is 9.66 Å². The fourth-order valence-electron chi connectivity index (χ4n) is 0.455. The Morgan fingerprint density at radius 2 is 2.40 bits per heavy atom. The molecular formula is C4H4N4O2. The van der Waals surface area contributed by atoms with Gasteiger partial charge in [0.05, 0.1) is 0 Å². The van der Waals surface area contributed by atoms with Crippen molar-refractivity contribution >= 4 is 5.82 Å². The molecule has 6 nitrogen and oxygen atoms in total. The van der Waals surface area contributed by atoms with Crippen LogP contribution in [0.25, 0.3) is 0 Å². The maximum absolute atomic E-state index is 10.5. The van der Waals surface area contributed by atoms with Crippen molar-refractivity contribution in [1.29, 1.82) is 0 Å². The van der Waals surface area contributed by atoms with Gasteiger partial charge >= 0.3 is 5.69 Å². The lowest BCUT2D eigenvalue weighted by Crippen LogP contribution is -2.27. The molecule has 52 valence electrons. The summed E-state index contributed by atoms with van der Waals surface area (Å²) in [6.07, 6.45) is 1.21. The fourth-order valence-corrected chi connectivity index (χ4v) is 0.455. The van der Waals surface area contributed by atoms with E-state index in [-0.39, 0.29) is 5.82 Å². The molecule has 6 heteroatoms. The molecule has 0 radical (unpaired) electrons. The Morgan fingerprint density at radius 1 is 1.70 bits per heavy atom. The Bertz CT molecular complexity index is 304. The lowest BCUT2D eigenvalue weighted by atomic mass is 10.6. The average Bonchev–Trinajstić information content (AvgIpc) is 1.95. The monoisotopic (exact) mass is 140 g/mol. The summed E-state index contributed by atoms with van der Waals surface area (Å²) >= 11 is 0. The molecule has 0 aliphatic heterocycles. The van der Waals surface area contributed by atoms with Gasteiger partial charge in [-0.3, -0.25) is 0 Å². The molecule has 1 aromatic heterocycles. The summed E-state index contributed by atoms with van der Waals surface area (Å²) < 4.78 is 0.759. The molecule has 0 saturated carbocycles. The first-order valence-electron chi connectivity index (χ1n) is 2.42. The zero-order valence-corrected chi connectivity index (χ0v) is 4.89. The van der Waals surface area contributed by atoms with Gasteiger partial charge in [0.15, 0.2) is 0 Å². The largest absolute Gasteiger partial charge is 0.368 e. The number of nitrogen functional groups attached to an aromatic ring is 1. The van der Waals surface area contributed by atoms with E-state index in [4.69, 9.17) is 5.84 Å². The third-order valence-corrected chi connectivity index (χ3v) is 0.909. The van der Waals surface area contributed by atoms with E-state index in [2.05, 4.69) is 10.2 Å². The Hall–Kier alpha value is -1.72. The normalized spacial score (nSPS) is 9.20. The molecule has 1 rings (SSSR count). The highest BCUT2D eigenvalue weighted by Gasteiger charge is 1.94. The maximum atomic E-state index is 10.5. The molecular weight excluding hydrogens is 136 g/mol. The molecule has 10 heavy (non-hydrogen) atoms. The highest BCUT2D eigenvalue weighted by atomic mass is 16.3. The summed E-state index contributed by atoms with van der Waals surface area (Å²) in [6.45, 7) is 0. The first-order valence-corrected chi connectivity index (χ1v) is 2.42. The number of nitroso groups, excluding NO2 is 1. The maximum Gasteiger partial charge on any atom is 0.368 e. The Balaban J connectivity index is 3.30. The van der Waals surface area contributed by atoms with Gasteiger partial charge < -0.3 is 5.84 Å². The lowest BCUT2D eigenvalue weighted by molar-refractivity contribution is 0.871. The van der Waals surface area contributed by atoms with E-state index < -0.39 is 5.69 Å². The molecule has 0 saturated heterocycles. The molecule has 0 aliphatic carbocycles. The van der Waals surface area contributed by atoms with Crippen LogP contribution in [0.4, 0.5) is 5.82 Å². The van der Waals surface area contributed by atoms with Crippen LogP contribution in [0.15, 0.2) is 22.2 Å². The van der Waals surface area contributed by atoms with Gasteiger partial charge in [0.25, 0.3) is 0 Å². The first-order chi connectivity index (χ1) is 4.74. The topological polar surface area (TPSA) is 90.3 Å². The van der Waals surface area contributed by atoms with Gasteiger partial charge in [-0.05, 0) is 5.18 Å². The molecule has 0 fully saturated rings. The van der Waals surface area contributed by atoms with Gasteiger partial charge in [-0.15, -0.1) is 4.91 Å². The van der Waals surface area contributed by atoms with Crippen molar-refractivity contribution in [2.24, 2.45) is 5.18 Å². The van der Waals surface area contributed by atoms with Crippen molar-refractivity contribution in [3.05, 3.63) is 27.7 Å². The summed E-state index contributed by atoms with van der Waals surface area (Å²) in [5, 5.41) is 2.44. The standard InChI is InChI=1S/C4H4N4O2/c5-8-2-1-3(7-10)6-4(8)9/h1-2H,5H2. The predicted molar refractivity (Wildman–Crippen MR) is 34.1 cm³/mol. The predicted octanol–water partition coefficient (Wildman–Crippen LogP) is -0.645. The van der Waals surface area contributed by atoms with Gasteiger partial charge in [-0.1, -0.05) is 0 Å². The van der Waals surface area contributed by atoms with Crippen LogP contribution in [-0.2, 0) is 0 Å². The van der Waals surface area contributed by atoms with E-state index in [0.29, 0.717) is 0 Å². The molecule has 2 N–H and O–H groups in total. The average molecular weight is 140 g/mol. The summed E-state index contributed by atoms with van der Waals surface area (Å²) in [5.74, 6) is 4.88. The minimum atomic E-state index is -0.697. The Kier molecular flexibility index (Phi) is 1.44. The highest BCUT2D eigenvalue weighted by molar-refractivity contribution is 5.22. The molecule has 0 bridgehead atoms. The smallest absolute Gasteiger partial charge is 0.335 e. The molecule has 0 amide bonds. The second-order valence-electron chi connectivity index (χ2n) is 1.57. The second-order valence-corrected chi connectivity index (χ2v) is 1.57. The summed E-state index contributed by atoms with van der Waals surface area (Å²) in [4.78, 5) is 23.5. The number of nitrogens with zero attached hydrogens (tertiary/aromatic N) is 3. The van der Waals surface area contributed by atoms with Crippen LogP contribution in [0.1, 0.15) is 0 Å². The van der Waals surface area contributed by atoms with Crippen LogP contribution < -0.4 is 11.5 Å². The fraction of sp³-hybridized carbons (Fsp3) is 0. The van der Waals surface area contributed by atoms with Gasteiger partial charge in [-0.2, -0.15) is 4.98 Å². The van der Waals surface area contributed by atoms with Crippen molar-refractivity contribution in [1.82, 2.24) is 9.66 Å². The van der Waals surface area contributed by atoms with Crippen molar-refractivity contribution < 1.29 is 0 Å². The summed E-state index contributed by atoms with van der Waals surface area (Å²) in [7, 11) is 0. The zero-order valence-electron chi connectivity index (χ0n) is 4.89. The number of rotatable bonds is 1. The van der Waals surface area contributed by atoms with Crippen molar-refractivity contribution in [3.8, 4) is 0 Å². The van der Waals surface area contributed by atoms with Crippen LogP contribution in [0.3, 0.4) is 0 Å². The van der Waals surface area contributed by atoms with E-state index >= 15 is 0 Å². The number of hydrogen-bond donors (Lipinski definition) is 1. The first kappa shape index (κ1) is 6.40. The quantitative estimate of drug-likeness (QED) is 0.414. The van der Waals surface area contributed by atoms with Gasteiger partial charge in [0.2, 0.25) is 5.82 Å². The van der Waals surface area contributed by atoms with Crippen molar-refractivity contribution in [3.63, 3.8) is 0 Å². The van der Waals surface area contributed by atoms with Crippen LogP contribution in [0.2, 0.25) is 0 Å². The van der Waals surface area contributed by atoms with Crippen molar-refractivity contribution in [2.75, 3.05) is 5.84 Å².